The predicted molar refractivity (Wildman–Crippen MR) is 107 cm³/mol. The first-order valence-corrected chi connectivity index (χ1v) is 10.1. The summed E-state index contributed by atoms with van der Waals surface area (Å²) in [6.07, 6.45) is 2.49. The summed E-state index contributed by atoms with van der Waals surface area (Å²) in [5.41, 5.74) is 2.24. The summed E-state index contributed by atoms with van der Waals surface area (Å²) in [7, 11) is 0. The van der Waals surface area contributed by atoms with Crippen LogP contribution in [0.4, 0.5) is 0 Å². The number of hydrogen-bond donors (Lipinski definition) is 1. The van der Waals surface area contributed by atoms with Gasteiger partial charge in [-0.3, -0.25) is 4.79 Å². The smallest absolute Gasteiger partial charge is 0.173 e. The largest absolute Gasteiger partial charge is 0.511 e. The first-order valence-electron chi connectivity index (χ1n) is 9.76. The number of rotatable bonds is 4. The molecule has 28 heavy (non-hydrogen) atoms. The van der Waals surface area contributed by atoms with E-state index in [4.69, 9.17) is 21.1 Å². The monoisotopic (exact) mass is 396 g/mol. The van der Waals surface area contributed by atoms with Crippen molar-refractivity contribution < 1.29 is 19.4 Å². The summed E-state index contributed by atoms with van der Waals surface area (Å²) in [6.45, 7) is 2.04. The zero-order valence-corrected chi connectivity index (χ0v) is 16.3. The van der Waals surface area contributed by atoms with Crippen molar-refractivity contribution in [2.24, 2.45) is 11.8 Å². The highest BCUT2D eigenvalue weighted by atomic mass is 35.5. The van der Waals surface area contributed by atoms with Crippen LogP contribution in [0.1, 0.15) is 30.9 Å². The molecule has 2 unspecified atom stereocenters. The van der Waals surface area contributed by atoms with Crippen molar-refractivity contribution in [1.29, 1.82) is 0 Å². The standard InChI is InChI=1S/C23H21ClO4/c1-2-12-3-6-15(27-14-7-4-13(24)5-8-14)11-16(12)19-22(25)20-17-9-10-18(28-17)21(20)23(19)26/h3-8,11,17-18,20-21,25H,2,9-10H2,1H3/t17?,18?,20-,21+/m1/s1. The lowest BCUT2D eigenvalue weighted by Gasteiger charge is -2.19. The summed E-state index contributed by atoms with van der Waals surface area (Å²) < 4.78 is 11.8. The molecule has 0 amide bonds. The van der Waals surface area contributed by atoms with Crippen molar-refractivity contribution in [2.45, 2.75) is 38.4 Å². The Hall–Kier alpha value is -2.30. The third-order valence-corrected chi connectivity index (χ3v) is 6.43. The second-order valence-corrected chi connectivity index (χ2v) is 8.13. The van der Waals surface area contributed by atoms with Crippen molar-refractivity contribution in [1.82, 2.24) is 0 Å². The number of aliphatic hydroxyl groups is 1. The number of aryl methyl sites for hydroxylation is 1. The second kappa shape index (κ2) is 6.64. The number of benzene rings is 2. The van der Waals surface area contributed by atoms with Gasteiger partial charge in [0.25, 0.3) is 0 Å². The fourth-order valence-electron chi connectivity index (χ4n) is 4.89. The molecule has 2 aliphatic heterocycles. The number of fused-ring (bicyclic) bond motifs is 5. The lowest BCUT2D eigenvalue weighted by atomic mass is 9.80. The van der Waals surface area contributed by atoms with E-state index in [-0.39, 0.29) is 35.6 Å². The van der Waals surface area contributed by atoms with Crippen molar-refractivity contribution in [3.05, 3.63) is 64.4 Å². The van der Waals surface area contributed by atoms with Gasteiger partial charge in [0.15, 0.2) is 5.78 Å². The maximum Gasteiger partial charge on any atom is 0.173 e. The van der Waals surface area contributed by atoms with Crippen LogP contribution < -0.4 is 4.74 Å². The molecule has 2 bridgehead atoms. The Labute approximate surface area is 168 Å². The number of carbonyl (C=O) groups excluding carboxylic acids is 1. The Morgan fingerprint density at radius 2 is 1.75 bits per heavy atom. The molecular weight excluding hydrogens is 376 g/mol. The molecule has 5 heteroatoms. The lowest BCUT2D eigenvalue weighted by Crippen LogP contribution is -2.29. The van der Waals surface area contributed by atoms with E-state index in [1.165, 1.54) is 0 Å². The Balaban J connectivity index is 1.53. The van der Waals surface area contributed by atoms with E-state index in [2.05, 4.69) is 0 Å². The average molecular weight is 397 g/mol. The molecule has 1 aliphatic carbocycles. The molecule has 2 aromatic carbocycles. The van der Waals surface area contributed by atoms with E-state index >= 15 is 0 Å². The molecule has 0 saturated carbocycles. The highest BCUT2D eigenvalue weighted by Gasteiger charge is 2.59. The maximum atomic E-state index is 13.2. The van der Waals surface area contributed by atoms with Crippen LogP contribution in [-0.2, 0) is 16.0 Å². The van der Waals surface area contributed by atoms with E-state index in [1.54, 1.807) is 24.3 Å². The van der Waals surface area contributed by atoms with Gasteiger partial charge in [-0.2, -0.15) is 0 Å². The molecule has 2 saturated heterocycles. The molecular formula is C23H21ClO4. The molecule has 3 aliphatic rings. The second-order valence-electron chi connectivity index (χ2n) is 7.69. The van der Waals surface area contributed by atoms with E-state index in [1.807, 2.05) is 25.1 Å². The Kier molecular flexibility index (Phi) is 4.22. The van der Waals surface area contributed by atoms with Crippen LogP contribution in [0.25, 0.3) is 5.57 Å². The highest BCUT2D eigenvalue weighted by Crippen LogP contribution is 2.54. The fourth-order valence-corrected chi connectivity index (χ4v) is 5.01. The van der Waals surface area contributed by atoms with E-state index in [9.17, 15) is 9.90 Å². The normalized spacial score (nSPS) is 28.1. The van der Waals surface area contributed by atoms with Crippen molar-refractivity contribution in [3.63, 3.8) is 0 Å². The van der Waals surface area contributed by atoms with Gasteiger partial charge in [-0.25, -0.2) is 0 Å². The molecule has 5 rings (SSSR count). The lowest BCUT2D eigenvalue weighted by molar-refractivity contribution is -0.118. The van der Waals surface area contributed by atoms with Crippen LogP contribution in [0.5, 0.6) is 11.5 Å². The molecule has 2 fully saturated rings. The Morgan fingerprint density at radius 1 is 1.07 bits per heavy atom. The summed E-state index contributed by atoms with van der Waals surface area (Å²) in [6, 6.07) is 12.9. The summed E-state index contributed by atoms with van der Waals surface area (Å²) >= 11 is 5.94. The molecule has 0 aromatic heterocycles. The first kappa shape index (κ1) is 17.8. The van der Waals surface area contributed by atoms with Gasteiger partial charge >= 0.3 is 0 Å². The van der Waals surface area contributed by atoms with E-state index in [0.29, 0.717) is 22.1 Å². The average Bonchev–Trinajstić information content (AvgIpc) is 3.37. The van der Waals surface area contributed by atoms with Crippen LogP contribution in [-0.4, -0.2) is 23.1 Å². The summed E-state index contributed by atoms with van der Waals surface area (Å²) in [5.74, 6) is 1.07. The third-order valence-electron chi connectivity index (χ3n) is 6.18. The van der Waals surface area contributed by atoms with Crippen molar-refractivity contribution >= 4 is 23.0 Å². The van der Waals surface area contributed by atoms with Crippen molar-refractivity contribution in [2.75, 3.05) is 0 Å². The van der Waals surface area contributed by atoms with Crippen LogP contribution >= 0.6 is 11.6 Å². The van der Waals surface area contributed by atoms with Crippen molar-refractivity contribution in [3.8, 4) is 11.5 Å². The quantitative estimate of drug-likeness (QED) is 0.757. The Bertz CT molecular complexity index is 979. The summed E-state index contributed by atoms with van der Waals surface area (Å²) in [4.78, 5) is 13.2. The molecule has 4 atom stereocenters. The molecule has 4 nitrogen and oxygen atoms in total. The van der Waals surface area contributed by atoms with Gasteiger partial charge in [0.1, 0.15) is 17.3 Å². The van der Waals surface area contributed by atoms with E-state index in [0.717, 1.165) is 30.4 Å². The predicted octanol–water partition coefficient (Wildman–Crippen LogP) is 5.34. The number of carbonyl (C=O) groups is 1. The zero-order valence-electron chi connectivity index (χ0n) is 15.5. The number of Topliss-reactive ketones (excluding diaryl/α,β-unsaturated/α-hetero) is 1. The number of hydrogen-bond acceptors (Lipinski definition) is 4. The van der Waals surface area contributed by atoms with Gasteiger partial charge in [0.2, 0.25) is 0 Å². The van der Waals surface area contributed by atoms with Gasteiger partial charge in [0.05, 0.1) is 29.6 Å². The number of allylic oxidation sites excluding steroid dienone is 1. The topological polar surface area (TPSA) is 55.8 Å². The maximum absolute atomic E-state index is 13.2. The molecule has 0 spiro atoms. The molecule has 2 aromatic rings. The fraction of sp³-hybridized carbons (Fsp3) is 0.348. The van der Waals surface area contributed by atoms with E-state index < -0.39 is 0 Å². The van der Waals surface area contributed by atoms with Crippen LogP contribution in [0.15, 0.2) is 48.2 Å². The zero-order chi connectivity index (χ0) is 19.4. The SMILES string of the molecule is CCc1ccc(Oc2ccc(Cl)cc2)cc1C1=C(O)[C@@H]2C3CCC(O3)[C@@H]2C1=O. The van der Waals surface area contributed by atoms with Gasteiger partial charge < -0.3 is 14.6 Å². The third kappa shape index (κ3) is 2.66. The molecule has 144 valence electrons. The van der Waals surface area contributed by atoms with Crippen LogP contribution in [0, 0.1) is 11.8 Å². The minimum Gasteiger partial charge on any atom is -0.511 e. The van der Waals surface area contributed by atoms with Gasteiger partial charge in [-0.15, -0.1) is 0 Å². The number of ether oxygens (including phenoxy) is 2. The van der Waals surface area contributed by atoms with Gasteiger partial charge in [-0.1, -0.05) is 24.6 Å². The summed E-state index contributed by atoms with van der Waals surface area (Å²) in [5, 5.41) is 11.6. The number of halogens is 1. The van der Waals surface area contributed by atoms with Crippen LogP contribution in [0.3, 0.4) is 0 Å². The minimum atomic E-state index is -0.237. The molecule has 0 radical (unpaired) electrons. The number of aliphatic hydroxyl groups excluding tert-OH is 1. The minimum absolute atomic E-state index is 0.00745. The molecule has 1 N–H and O–H groups in total. The van der Waals surface area contributed by atoms with Crippen LogP contribution in [0.2, 0.25) is 5.02 Å². The highest BCUT2D eigenvalue weighted by molar-refractivity contribution is 6.30. The van der Waals surface area contributed by atoms with Gasteiger partial charge in [0, 0.05) is 5.02 Å². The Morgan fingerprint density at radius 3 is 2.43 bits per heavy atom. The van der Waals surface area contributed by atoms with Gasteiger partial charge in [-0.05, 0) is 66.8 Å². The molecule has 2 heterocycles. The first-order chi connectivity index (χ1) is 13.6. The number of ketones is 1.